The molecule has 0 aromatic carbocycles. The molecule has 0 unspecified atom stereocenters. The fourth-order valence-corrected chi connectivity index (χ4v) is 1.47. The molecular weight excluding hydrogens is 245 g/mol. The van der Waals surface area contributed by atoms with Crippen LogP contribution in [0, 0.1) is 0 Å². The zero-order chi connectivity index (χ0) is 13.3. The first-order valence-electron chi connectivity index (χ1n) is 6.13. The van der Waals surface area contributed by atoms with Crippen molar-refractivity contribution in [2.75, 3.05) is 0 Å². The quantitative estimate of drug-likeness (QED) is 0.217. The molecule has 18 heavy (non-hydrogen) atoms. The van der Waals surface area contributed by atoms with Crippen molar-refractivity contribution < 1.29 is 49.7 Å². The van der Waals surface area contributed by atoms with E-state index < -0.39 is 24.0 Å². The molecule has 0 saturated carbocycles. The number of aliphatic carboxylic acids is 1. The van der Waals surface area contributed by atoms with Crippen molar-refractivity contribution in [3.8, 4) is 0 Å². The average Bonchev–Trinajstić information content (AvgIpc) is 2.24. The molecule has 0 rings (SSSR count). The first kappa shape index (κ1) is 20.2. The molecule has 0 saturated heterocycles. The van der Waals surface area contributed by atoms with E-state index in [0.29, 0.717) is 0 Å². The van der Waals surface area contributed by atoms with Gasteiger partial charge in [0, 0.05) is 0 Å². The van der Waals surface area contributed by atoms with Gasteiger partial charge in [-0.15, -0.1) is 0 Å². The summed E-state index contributed by atoms with van der Waals surface area (Å²) in [5, 5.41) is 29.2. The summed E-state index contributed by atoms with van der Waals surface area (Å²) in [5.74, 6) is -1.70. The van der Waals surface area contributed by atoms with Gasteiger partial charge in [0.25, 0.3) is 0 Å². The molecule has 2 N–H and O–H groups in total. The van der Waals surface area contributed by atoms with Crippen LogP contribution in [0.2, 0.25) is 0 Å². The van der Waals surface area contributed by atoms with E-state index in [2.05, 4.69) is 11.9 Å². The molecule has 0 aromatic rings. The van der Waals surface area contributed by atoms with Gasteiger partial charge in [0.1, 0.15) is 0 Å². The van der Waals surface area contributed by atoms with Crippen LogP contribution in [0.4, 0.5) is 0 Å². The zero-order valence-corrected chi connectivity index (χ0v) is 13.6. The molecular formula is C12H22NNaO4. The summed E-state index contributed by atoms with van der Waals surface area (Å²) >= 11 is 0. The minimum Gasteiger partial charge on any atom is -0.862 e. The number of aliphatic imine (C=N–C) groups is 1. The Hall–Kier alpha value is -0.100. The first-order valence-corrected chi connectivity index (χ1v) is 6.13. The maximum absolute atomic E-state index is 11.4. The van der Waals surface area contributed by atoms with Crippen LogP contribution in [-0.4, -0.2) is 34.2 Å². The maximum Gasteiger partial charge on any atom is 1.00 e. The number of carbonyl (C=O) groups is 1. The summed E-state index contributed by atoms with van der Waals surface area (Å²) < 4.78 is 0. The van der Waals surface area contributed by atoms with E-state index in [0.717, 1.165) is 32.1 Å². The van der Waals surface area contributed by atoms with Crippen molar-refractivity contribution in [3.63, 3.8) is 0 Å². The fourth-order valence-electron chi connectivity index (χ4n) is 1.47. The first-order chi connectivity index (χ1) is 7.99. The SMILES string of the molecule is CCCCCCCC([O-])=N[C@H](C(=O)O)[C@@H](C)O.[Na+]. The third-order valence-corrected chi connectivity index (χ3v) is 2.49. The van der Waals surface area contributed by atoms with Gasteiger partial charge in [0.15, 0.2) is 6.04 Å². The van der Waals surface area contributed by atoms with Crippen LogP contribution in [0.1, 0.15) is 52.4 Å². The monoisotopic (exact) mass is 267 g/mol. The smallest absolute Gasteiger partial charge is 0.862 e. The van der Waals surface area contributed by atoms with Gasteiger partial charge in [-0.3, -0.25) is 4.99 Å². The van der Waals surface area contributed by atoms with E-state index in [1.807, 2.05) is 0 Å². The predicted molar refractivity (Wildman–Crippen MR) is 63.9 cm³/mol. The Morgan fingerprint density at radius 1 is 1.28 bits per heavy atom. The van der Waals surface area contributed by atoms with Crippen LogP contribution >= 0.6 is 0 Å². The Morgan fingerprint density at radius 2 is 1.83 bits per heavy atom. The van der Waals surface area contributed by atoms with Crippen molar-refractivity contribution >= 4 is 11.9 Å². The van der Waals surface area contributed by atoms with E-state index in [1.54, 1.807) is 0 Å². The summed E-state index contributed by atoms with van der Waals surface area (Å²) in [6, 6.07) is -1.34. The van der Waals surface area contributed by atoms with Crippen molar-refractivity contribution in [2.24, 2.45) is 4.99 Å². The number of aliphatic hydroxyl groups excluding tert-OH is 1. The van der Waals surface area contributed by atoms with Crippen LogP contribution < -0.4 is 34.7 Å². The van der Waals surface area contributed by atoms with Gasteiger partial charge in [-0.25, -0.2) is 4.79 Å². The molecule has 0 aliphatic carbocycles. The summed E-state index contributed by atoms with van der Waals surface area (Å²) in [7, 11) is 0. The Bertz CT molecular complexity index is 256. The molecule has 5 nitrogen and oxygen atoms in total. The largest absolute Gasteiger partial charge is 1.00 e. The second-order valence-corrected chi connectivity index (χ2v) is 4.21. The molecule has 0 aliphatic rings. The summed E-state index contributed by atoms with van der Waals surface area (Å²) in [6.07, 6.45) is 4.19. The molecule has 0 bridgehead atoms. The molecule has 0 fully saturated rings. The summed E-state index contributed by atoms with van der Waals surface area (Å²) in [4.78, 5) is 14.2. The number of hydrogen-bond donors (Lipinski definition) is 2. The molecule has 2 atom stereocenters. The number of aliphatic hydroxyl groups is 1. The molecule has 0 aliphatic heterocycles. The second-order valence-electron chi connectivity index (χ2n) is 4.21. The zero-order valence-electron chi connectivity index (χ0n) is 11.6. The van der Waals surface area contributed by atoms with Gasteiger partial charge in [-0.2, -0.15) is 0 Å². The third kappa shape index (κ3) is 9.88. The summed E-state index contributed by atoms with van der Waals surface area (Å²) in [5.41, 5.74) is 0. The summed E-state index contributed by atoms with van der Waals surface area (Å²) in [6.45, 7) is 3.43. The number of hydrogen-bond acceptors (Lipinski definition) is 4. The number of unbranched alkanes of at least 4 members (excludes halogenated alkanes) is 4. The predicted octanol–water partition coefficient (Wildman–Crippen LogP) is -2.06. The fraction of sp³-hybridized carbons (Fsp3) is 0.833. The van der Waals surface area contributed by atoms with Gasteiger partial charge in [0.05, 0.1) is 6.10 Å². The van der Waals surface area contributed by atoms with Crippen LogP contribution in [0.15, 0.2) is 4.99 Å². The third-order valence-electron chi connectivity index (χ3n) is 2.49. The Kier molecular flexibility index (Phi) is 13.4. The van der Waals surface area contributed by atoms with Crippen molar-refractivity contribution in [2.45, 2.75) is 64.5 Å². The van der Waals surface area contributed by atoms with E-state index in [4.69, 9.17) is 10.2 Å². The molecule has 0 amide bonds. The normalized spacial score (nSPS) is 14.7. The minimum atomic E-state index is -1.34. The second kappa shape index (κ2) is 12.0. The van der Waals surface area contributed by atoms with Gasteiger partial charge in [-0.1, -0.05) is 32.6 Å². The average molecular weight is 267 g/mol. The van der Waals surface area contributed by atoms with E-state index in [-0.39, 0.29) is 36.0 Å². The Morgan fingerprint density at radius 3 is 2.28 bits per heavy atom. The van der Waals surface area contributed by atoms with E-state index in [1.165, 1.54) is 6.92 Å². The molecule has 0 aromatic heterocycles. The molecule has 0 spiro atoms. The standard InChI is InChI=1S/C12H23NO4.Na/c1-3-4-5-6-7-8-10(15)13-11(9(2)14)12(16)17;/h9,11,14H,3-8H2,1-2H3,(H,13,15)(H,16,17);/q;+1/p-1/t9-,11+;/m1./s1. The van der Waals surface area contributed by atoms with Crippen LogP contribution in [0.5, 0.6) is 0 Å². The number of carboxylic acids is 1. The maximum atomic E-state index is 11.4. The van der Waals surface area contributed by atoms with Gasteiger partial charge in [-0.05, 0) is 25.7 Å². The van der Waals surface area contributed by atoms with Crippen molar-refractivity contribution in [1.29, 1.82) is 0 Å². The van der Waals surface area contributed by atoms with Gasteiger partial charge in [0.2, 0.25) is 0 Å². The van der Waals surface area contributed by atoms with Crippen LogP contribution in [0.25, 0.3) is 0 Å². The number of rotatable bonds is 9. The number of carboxylic acid groups (broad SMARTS) is 1. The van der Waals surface area contributed by atoms with E-state index in [9.17, 15) is 9.90 Å². The van der Waals surface area contributed by atoms with Crippen LogP contribution in [0.3, 0.4) is 0 Å². The topological polar surface area (TPSA) is 93.0 Å². The van der Waals surface area contributed by atoms with Gasteiger partial charge >= 0.3 is 35.5 Å². The molecule has 100 valence electrons. The van der Waals surface area contributed by atoms with Gasteiger partial charge < -0.3 is 15.3 Å². The van der Waals surface area contributed by atoms with Crippen molar-refractivity contribution in [1.82, 2.24) is 0 Å². The molecule has 0 heterocycles. The molecule has 6 heteroatoms. The number of nitrogens with zero attached hydrogens (tertiary/aromatic N) is 1. The van der Waals surface area contributed by atoms with E-state index >= 15 is 0 Å². The molecule has 0 radical (unpaired) electrons. The Balaban J connectivity index is 0. The minimum absolute atomic E-state index is 0. The Labute approximate surface area is 131 Å². The van der Waals surface area contributed by atoms with Crippen molar-refractivity contribution in [3.05, 3.63) is 0 Å². The van der Waals surface area contributed by atoms with Crippen LogP contribution in [-0.2, 0) is 4.79 Å².